The summed E-state index contributed by atoms with van der Waals surface area (Å²) in [7, 11) is 0. The Hall–Kier alpha value is -1.30. The summed E-state index contributed by atoms with van der Waals surface area (Å²) in [5.74, 6) is -1.22. The van der Waals surface area contributed by atoms with Crippen LogP contribution < -0.4 is 10.6 Å². The second-order valence-electron chi connectivity index (χ2n) is 4.56. The zero-order valence-electron chi connectivity index (χ0n) is 11.0. The minimum atomic E-state index is -0.678. The molecule has 0 unspecified atom stereocenters. The van der Waals surface area contributed by atoms with Crippen LogP contribution in [0.4, 0.5) is 5.69 Å². The molecule has 1 fully saturated rings. The van der Waals surface area contributed by atoms with Gasteiger partial charge in [-0.3, -0.25) is 9.59 Å². The van der Waals surface area contributed by atoms with Gasteiger partial charge < -0.3 is 15.5 Å². The van der Waals surface area contributed by atoms with Crippen molar-refractivity contribution in [1.82, 2.24) is 10.2 Å². The van der Waals surface area contributed by atoms with Gasteiger partial charge in [0.25, 0.3) is 0 Å². The molecule has 1 aliphatic heterocycles. The smallest absolute Gasteiger partial charge is 0.313 e. The van der Waals surface area contributed by atoms with Gasteiger partial charge in [-0.2, -0.15) is 0 Å². The number of halogens is 2. The van der Waals surface area contributed by atoms with Crippen LogP contribution >= 0.6 is 23.2 Å². The molecule has 1 saturated heterocycles. The molecule has 1 heterocycles. The molecule has 7 heteroatoms. The fourth-order valence-electron chi connectivity index (χ4n) is 1.91. The number of piperazine rings is 1. The van der Waals surface area contributed by atoms with Gasteiger partial charge in [0.1, 0.15) is 0 Å². The summed E-state index contributed by atoms with van der Waals surface area (Å²) in [4.78, 5) is 25.4. The van der Waals surface area contributed by atoms with E-state index in [1.54, 1.807) is 19.1 Å². The summed E-state index contributed by atoms with van der Waals surface area (Å²) in [5, 5.41) is 6.54. The van der Waals surface area contributed by atoms with E-state index in [9.17, 15) is 9.59 Å². The maximum absolute atomic E-state index is 12.0. The zero-order valence-corrected chi connectivity index (χ0v) is 12.5. The molecule has 0 aliphatic carbocycles. The Morgan fingerprint density at radius 2 is 1.75 bits per heavy atom. The number of hydrogen-bond donors (Lipinski definition) is 2. The molecule has 5 nitrogen and oxygen atoms in total. The molecule has 2 amide bonds. The van der Waals surface area contributed by atoms with E-state index >= 15 is 0 Å². The van der Waals surface area contributed by atoms with Gasteiger partial charge in [-0.05, 0) is 24.6 Å². The Labute approximate surface area is 127 Å². The number of hydrogen-bond acceptors (Lipinski definition) is 3. The lowest BCUT2D eigenvalue weighted by molar-refractivity contribution is -0.143. The number of carbonyl (C=O) groups is 2. The molecule has 1 aliphatic rings. The summed E-state index contributed by atoms with van der Waals surface area (Å²) >= 11 is 12.0. The van der Waals surface area contributed by atoms with Crippen molar-refractivity contribution in [2.24, 2.45) is 0 Å². The molecule has 2 N–H and O–H groups in total. The van der Waals surface area contributed by atoms with Gasteiger partial charge in [0.15, 0.2) is 0 Å². The molecule has 1 aromatic rings. The van der Waals surface area contributed by atoms with Gasteiger partial charge in [0.2, 0.25) is 0 Å². The Bertz CT molecular complexity index is 519. The Kier molecular flexibility index (Phi) is 4.86. The molecule has 0 aromatic heterocycles. The van der Waals surface area contributed by atoms with Gasteiger partial charge in [0, 0.05) is 41.9 Å². The van der Waals surface area contributed by atoms with E-state index in [4.69, 9.17) is 23.2 Å². The number of nitrogens with zero attached hydrogens (tertiary/aromatic N) is 1. The number of nitrogens with one attached hydrogen (secondary N) is 2. The summed E-state index contributed by atoms with van der Waals surface area (Å²) in [6.45, 7) is 4.23. The molecule has 0 radical (unpaired) electrons. The molecule has 0 saturated carbocycles. The van der Waals surface area contributed by atoms with Crippen LogP contribution in [0.25, 0.3) is 0 Å². The van der Waals surface area contributed by atoms with Crippen molar-refractivity contribution in [2.75, 3.05) is 31.5 Å². The topological polar surface area (TPSA) is 61.4 Å². The van der Waals surface area contributed by atoms with Crippen LogP contribution in [0.5, 0.6) is 0 Å². The number of anilines is 1. The normalized spacial score (nSPS) is 15.1. The van der Waals surface area contributed by atoms with Gasteiger partial charge in [0.05, 0.1) is 0 Å². The van der Waals surface area contributed by atoms with Crippen molar-refractivity contribution < 1.29 is 9.59 Å². The first-order valence-corrected chi connectivity index (χ1v) is 7.01. The van der Waals surface area contributed by atoms with Gasteiger partial charge >= 0.3 is 11.8 Å². The van der Waals surface area contributed by atoms with Crippen molar-refractivity contribution in [3.05, 3.63) is 27.7 Å². The first kappa shape index (κ1) is 15.1. The number of carbonyl (C=O) groups excluding carboxylic acids is 2. The van der Waals surface area contributed by atoms with Crippen molar-refractivity contribution in [1.29, 1.82) is 0 Å². The van der Waals surface area contributed by atoms with Gasteiger partial charge in [-0.15, -0.1) is 0 Å². The van der Waals surface area contributed by atoms with Crippen molar-refractivity contribution in [3.63, 3.8) is 0 Å². The molecular formula is C13H15Cl2N3O2. The molecule has 20 heavy (non-hydrogen) atoms. The van der Waals surface area contributed by atoms with E-state index in [-0.39, 0.29) is 0 Å². The Morgan fingerprint density at radius 1 is 1.20 bits per heavy atom. The second kappa shape index (κ2) is 6.43. The quantitative estimate of drug-likeness (QED) is 0.775. The standard InChI is InChI=1S/C13H15Cl2N3O2/c1-8-10(14)6-9(7-11(8)15)17-12(19)13(20)18-4-2-16-3-5-18/h6-7,16H,2-5H2,1H3,(H,17,19). The fraction of sp³-hybridized carbons (Fsp3) is 0.385. The third-order valence-corrected chi connectivity index (χ3v) is 3.92. The molecule has 108 valence electrons. The van der Waals surface area contributed by atoms with Crippen LogP contribution in [0.2, 0.25) is 10.0 Å². The molecular weight excluding hydrogens is 301 g/mol. The molecule has 0 spiro atoms. The molecule has 1 aromatic carbocycles. The zero-order chi connectivity index (χ0) is 14.7. The van der Waals surface area contributed by atoms with Crippen LogP contribution in [0, 0.1) is 6.92 Å². The summed E-state index contributed by atoms with van der Waals surface area (Å²) in [6.07, 6.45) is 0. The maximum atomic E-state index is 12.0. The van der Waals surface area contributed by atoms with E-state index in [2.05, 4.69) is 10.6 Å². The lowest BCUT2D eigenvalue weighted by atomic mass is 10.2. The first-order valence-electron chi connectivity index (χ1n) is 6.25. The SMILES string of the molecule is Cc1c(Cl)cc(NC(=O)C(=O)N2CCNCC2)cc1Cl. The Morgan fingerprint density at radius 3 is 2.30 bits per heavy atom. The third kappa shape index (κ3) is 3.42. The first-order chi connectivity index (χ1) is 9.49. The average molecular weight is 316 g/mol. The fourth-order valence-corrected chi connectivity index (χ4v) is 2.40. The number of amides is 2. The highest BCUT2D eigenvalue weighted by molar-refractivity contribution is 6.40. The van der Waals surface area contributed by atoms with E-state index in [0.717, 1.165) is 5.56 Å². The highest BCUT2D eigenvalue weighted by Gasteiger charge is 2.23. The van der Waals surface area contributed by atoms with Crippen LogP contribution in [0.1, 0.15) is 5.56 Å². The molecule has 0 bridgehead atoms. The minimum absolute atomic E-state index is 0.416. The van der Waals surface area contributed by atoms with Crippen LogP contribution in [-0.2, 0) is 9.59 Å². The lowest BCUT2D eigenvalue weighted by Gasteiger charge is -2.26. The Balaban J connectivity index is 2.05. The van der Waals surface area contributed by atoms with E-state index in [1.807, 2.05) is 0 Å². The van der Waals surface area contributed by atoms with Crippen molar-refractivity contribution in [3.8, 4) is 0 Å². The van der Waals surface area contributed by atoms with Crippen LogP contribution in [-0.4, -0.2) is 42.9 Å². The monoisotopic (exact) mass is 315 g/mol. The van der Waals surface area contributed by atoms with Crippen molar-refractivity contribution in [2.45, 2.75) is 6.92 Å². The van der Waals surface area contributed by atoms with E-state index < -0.39 is 11.8 Å². The lowest BCUT2D eigenvalue weighted by Crippen LogP contribution is -2.49. The molecule has 2 rings (SSSR count). The predicted octanol–water partition coefficient (Wildman–Crippen LogP) is 1.67. The third-order valence-electron chi connectivity index (χ3n) is 3.14. The summed E-state index contributed by atoms with van der Waals surface area (Å²) in [6, 6.07) is 3.15. The predicted molar refractivity (Wildman–Crippen MR) is 79.3 cm³/mol. The van der Waals surface area contributed by atoms with Gasteiger partial charge in [-0.1, -0.05) is 23.2 Å². The molecule has 0 atom stereocenters. The average Bonchev–Trinajstić information content (AvgIpc) is 2.44. The summed E-state index contributed by atoms with van der Waals surface area (Å²) in [5.41, 5.74) is 1.15. The second-order valence-corrected chi connectivity index (χ2v) is 5.38. The maximum Gasteiger partial charge on any atom is 0.313 e. The highest BCUT2D eigenvalue weighted by Crippen LogP contribution is 2.28. The number of rotatable bonds is 1. The van der Waals surface area contributed by atoms with Gasteiger partial charge in [-0.25, -0.2) is 0 Å². The van der Waals surface area contributed by atoms with Crippen LogP contribution in [0.15, 0.2) is 12.1 Å². The largest absolute Gasteiger partial charge is 0.332 e. The highest BCUT2D eigenvalue weighted by atomic mass is 35.5. The number of benzene rings is 1. The van der Waals surface area contributed by atoms with Crippen LogP contribution in [0.3, 0.4) is 0 Å². The minimum Gasteiger partial charge on any atom is -0.332 e. The van der Waals surface area contributed by atoms with E-state index in [0.29, 0.717) is 41.9 Å². The summed E-state index contributed by atoms with van der Waals surface area (Å²) < 4.78 is 0. The van der Waals surface area contributed by atoms with Crippen molar-refractivity contribution >= 4 is 40.7 Å². The van der Waals surface area contributed by atoms with E-state index in [1.165, 1.54) is 4.90 Å².